The van der Waals surface area contributed by atoms with Gasteiger partial charge in [0.2, 0.25) is 10.0 Å². The van der Waals surface area contributed by atoms with Crippen molar-refractivity contribution in [2.24, 2.45) is 0 Å². The smallest absolute Gasteiger partial charge is 0.241 e. The van der Waals surface area contributed by atoms with Crippen LogP contribution >= 0.6 is 0 Å². The minimum atomic E-state index is -3.78. The number of nitrogens with zero attached hydrogens (tertiary/aromatic N) is 1. The van der Waals surface area contributed by atoms with Gasteiger partial charge in [-0.05, 0) is 37.1 Å². The van der Waals surface area contributed by atoms with Crippen molar-refractivity contribution >= 4 is 15.7 Å². The van der Waals surface area contributed by atoms with Crippen molar-refractivity contribution in [1.82, 2.24) is 14.9 Å². The zero-order chi connectivity index (χ0) is 14.9. The van der Waals surface area contributed by atoms with E-state index in [0.717, 1.165) is 6.07 Å². The van der Waals surface area contributed by atoms with Crippen molar-refractivity contribution in [1.29, 1.82) is 0 Å². The van der Waals surface area contributed by atoms with Gasteiger partial charge in [0.15, 0.2) is 0 Å². The maximum atomic E-state index is 13.5. The molecule has 0 atom stereocenters. The number of hydrogen-bond acceptors (Lipinski definition) is 4. The van der Waals surface area contributed by atoms with Crippen LogP contribution in [0.15, 0.2) is 23.2 Å². The average Bonchev–Trinajstić information content (AvgIpc) is 2.86. The predicted molar refractivity (Wildman–Crippen MR) is 72.9 cm³/mol. The van der Waals surface area contributed by atoms with Gasteiger partial charge in [-0.1, -0.05) is 0 Å². The third-order valence-electron chi connectivity index (χ3n) is 2.98. The molecule has 6 nitrogen and oxygen atoms in total. The van der Waals surface area contributed by atoms with Crippen LogP contribution in [0.25, 0.3) is 0 Å². The standard InChI is InChI=1S/C12H15FN4O2S/c1-7-5-10(13)11(14)8(2)12(7)20(18,19)16-6-9-3-4-15-17-9/h3-5,16H,6,14H2,1-2H3,(H,15,17). The van der Waals surface area contributed by atoms with Gasteiger partial charge in [0, 0.05) is 6.20 Å². The van der Waals surface area contributed by atoms with E-state index in [0.29, 0.717) is 11.3 Å². The number of nitrogen functional groups attached to an aromatic ring is 1. The Labute approximate surface area is 116 Å². The maximum absolute atomic E-state index is 13.5. The second kappa shape index (κ2) is 5.22. The first kappa shape index (κ1) is 14.5. The molecule has 0 spiro atoms. The highest BCUT2D eigenvalue weighted by atomic mass is 32.2. The van der Waals surface area contributed by atoms with Gasteiger partial charge in [-0.3, -0.25) is 5.10 Å². The van der Waals surface area contributed by atoms with Gasteiger partial charge < -0.3 is 5.73 Å². The molecule has 0 aliphatic rings. The van der Waals surface area contributed by atoms with Crippen LogP contribution in [0.2, 0.25) is 0 Å². The first-order chi connectivity index (χ1) is 9.33. The molecule has 108 valence electrons. The molecule has 0 saturated heterocycles. The molecule has 0 amide bonds. The first-order valence-corrected chi connectivity index (χ1v) is 7.34. The minimum absolute atomic E-state index is 0.0101. The fraction of sp³-hybridized carbons (Fsp3) is 0.250. The number of nitrogens with two attached hydrogens (primary N) is 1. The van der Waals surface area contributed by atoms with Gasteiger partial charge in [0.1, 0.15) is 5.82 Å². The van der Waals surface area contributed by atoms with E-state index in [1.165, 1.54) is 20.0 Å². The number of rotatable bonds is 4. The average molecular weight is 298 g/mol. The molecule has 1 aromatic carbocycles. The number of sulfonamides is 1. The Bertz CT molecular complexity index is 726. The molecule has 0 aliphatic carbocycles. The molecule has 0 aliphatic heterocycles. The van der Waals surface area contributed by atoms with E-state index < -0.39 is 15.8 Å². The summed E-state index contributed by atoms with van der Waals surface area (Å²) in [4.78, 5) is 0.0101. The van der Waals surface area contributed by atoms with Crippen molar-refractivity contribution in [2.45, 2.75) is 25.3 Å². The SMILES string of the molecule is Cc1cc(F)c(N)c(C)c1S(=O)(=O)NCc1ccn[nH]1. The highest BCUT2D eigenvalue weighted by Gasteiger charge is 2.22. The van der Waals surface area contributed by atoms with Crippen LogP contribution in [0, 0.1) is 19.7 Å². The summed E-state index contributed by atoms with van der Waals surface area (Å²) in [7, 11) is -3.78. The summed E-state index contributed by atoms with van der Waals surface area (Å²) in [6, 6.07) is 2.77. The lowest BCUT2D eigenvalue weighted by molar-refractivity contribution is 0.578. The molecule has 0 radical (unpaired) electrons. The van der Waals surface area contributed by atoms with Crippen LogP contribution in [0.4, 0.5) is 10.1 Å². The highest BCUT2D eigenvalue weighted by Crippen LogP contribution is 2.27. The van der Waals surface area contributed by atoms with Gasteiger partial charge in [0.05, 0.1) is 22.8 Å². The van der Waals surface area contributed by atoms with E-state index in [1.54, 1.807) is 6.07 Å². The number of aromatic amines is 1. The Balaban J connectivity index is 2.37. The topological polar surface area (TPSA) is 101 Å². The molecule has 1 aromatic heterocycles. The van der Waals surface area contributed by atoms with Crippen LogP contribution in [-0.4, -0.2) is 18.6 Å². The fourth-order valence-corrected chi connectivity index (χ4v) is 3.46. The van der Waals surface area contributed by atoms with E-state index in [-0.39, 0.29) is 22.7 Å². The molecule has 0 bridgehead atoms. The Morgan fingerprint density at radius 2 is 2.15 bits per heavy atom. The molecule has 0 saturated carbocycles. The monoisotopic (exact) mass is 298 g/mol. The minimum Gasteiger partial charge on any atom is -0.396 e. The number of benzene rings is 1. The summed E-state index contributed by atoms with van der Waals surface area (Å²) < 4.78 is 40.5. The van der Waals surface area contributed by atoms with Crippen LogP contribution in [-0.2, 0) is 16.6 Å². The van der Waals surface area contributed by atoms with E-state index in [1.807, 2.05) is 0 Å². The van der Waals surface area contributed by atoms with Crippen molar-refractivity contribution in [3.63, 3.8) is 0 Å². The zero-order valence-corrected chi connectivity index (χ0v) is 11.9. The van der Waals surface area contributed by atoms with Gasteiger partial charge in [-0.2, -0.15) is 5.10 Å². The lowest BCUT2D eigenvalue weighted by Crippen LogP contribution is -2.25. The second-order valence-corrected chi connectivity index (χ2v) is 6.15. The number of nitrogens with one attached hydrogen (secondary N) is 2. The number of halogens is 1. The third-order valence-corrected chi connectivity index (χ3v) is 4.67. The highest BCUT2D eigenvalue weighted by molar-refractivity contribution is 7.89. The molecule has 1 heterocycles. The number of hydrogen-bond donors (Lipinski definition) is 3. The second-order valence-electron chi connectivity index (χ2n) is 4.45. The Morgan fingerprint density at radius 3 is 2.75 bits per heavy atom. The molecular weight excluding hydrogens is 283 g/mol. The van der Waals surface area contributed by atoms with Crippen molar-refractivity contribution < 1.29 is 12.8 Å². The zero-order valence-electron chi connectivity index (χ0n) is 11.1. The van der Waals surface area contributed by atoms with Crippen molar-refractivity contribution in [3.05, 3.63) is 41.0 Å². The van der Waals surface area contributed by atoms with Crippen LogP contribution in [0.1, 0.15) is 16.8 Å². The van der Waals surface area contributed by atoms with Gasteiger partial charge >= 0.3 is 0 Å². The summed E-state index contributed by atoms with van der Waals surface area (Å²) in [5.74, 6) is -0.618. The van der Waals surface area contributed by atoms with Crippen LogP contribution < -0.4 is 10.5 Å². The van der Waals surface area contributed by atoms with Gasteiger partial charge in [-0.25, -0.2) is 17.5 Å². The van der Waals surface area contributed by atoms with Crippen LogP contribution in [0.5, 0.6) is 0 Å². The van der Waals surface area contributed by atoms with E-state index in [9.17, 15) is 12.8 Å². The van der Waals surface area contributed by atoms with Crippen LogP contribution in [0.3, 0.4) is 0 Å². The Kier molecular flexibility index (Phi) is 3.78. The van der Waals surface area contributed by atoms with Crippen molar-refractivity contribution in [2.75, 3.05) is 5.73 Å². The number of aryl methyl sites for hydroxylation is 1. The fourth-order valence-electron chi connectivity index (χ4n) is 1.97. The molecular formula is C12H15FN4O2S. The molecule has 0 fully saturated rings. The number of anilines is 1. The number of aromatic nitrogens is 2. The van der Waals surface area contributed by atoms with E-state index in [2.05, 4.69) is 14.9 Å². The van der Waals surface area contributed by atoms with E-state index in [4.69, 9.17) is 5.73 Å². The van der Waals surface area contributed by atoms with E-state index >= 15 is 0 Å². The van der Waals surface area contributed by atoms with Gasteiger partial charge in [-0.15, -0.1) is 0 Å². The number of H-pyrrole nitrogens is 1. The van der Waals surface area contributed by atoms with Crippen molar-refractivity contribution in [3.8, 4) is 0 Å². The summed E-state index contributed by atoms with van der Waals surface area (Å²) in [5.41, 5.74) is 6.54. The summed E-state index contributed by atoms with van der Waals surface area (Å²) in [6.45, 7) is 3.08. The summed E-state index contributed by atoms with van der Waals surface area (Å²) in [5, 5.41) is 6.38. The molecule has 20 heavy (non-hydrogen) atoms. The lowest BCUT2D eigenvalue weighted by atomic mass is 10.1. The molecule has 4 N–H and O–H groups in total. The molecule has 0 unspecified atom stereocenters. The Morgan fingerprint density at radius 1 is 1.45 bits per heavy atom. The van der Waals surface area contributed by atoms with Gasteiger partial charge in [0.25, 0.3) is 0 Å². The molecule has 2 rings (SSSR count). The molecule has 8 heteroatoms. The summed E-state index contributed by atoms with van der Waals surface area (Å²) in [6.07, 6.45) is 1.52. The predicted octanol–water partition coefficient (Wildman–Crippen LogP) is 1.23. The normalized spacial score (nSPS) is 11.8. The largest absolute Gasteiger partial charge is 0.396 e. The third kappa shape index (κ3) is 2.66. The first-order valence-electron chi connectivity index (χ1n) is 5.86. The Hall–Kier alpha value is -1.93. The maximum Gasteiger partial charge on any atom is 0.241 e. The molecule has 2 aromatic rings. The summed E-state index contributed by atoms with van der Waals surface area (Å²) >= 11 is 0. The quantitative estimate of drug-likeness (QED) is 0.739. The lowest BCUT2D eigenvalue weighted by Gasteiger charge is -2.14.